The zero-order chi connectivity index (χ0) is 37.2. The highest BCUT2D eigenvalue weighted by Gasteiger charge is 2.32. The molecule has 9 heteroatoms. The van der Waals surface area contributed by atoms with Crippen LogP contribution in [0.2, 0.25) is 0 Å². The van der Waals surface area contributed by atoms with E-state index in [4.69, 9.17) is 16.0 Å². The quantitative estimate of drug-likeness (QED) is 0.112. The van der Waals surface area contributed by atoms with E-state index in [1.165, 1.54) is 22.8 Å². The Morgan fingerprint density at radius 2 is 1.30 bits per heavy atom. The Bertz CT molecular complexity index is 2530. The highest BCUT2D eigenvalue weighted by molar-refractivity contribution is 6.29. The topological polar surface area (TPSA) is 108 Å². The minimum Gasteiger partial charge on any atom is -0.457 e. The van der Waals surface area contributed by atoms with Crippen LogP contribution in [0.4, 0.5) is 17.1 Å². The number of carbonyl (C=O) groups excluding carboxylic acids is 3. The van der Waals surface area contributed by atoms with Gasteiger partial charge in [0.25, 0.3) is 11.2 Å². The van der Waals surface area contributed by atoms with E-state index in [9.17, 15) is 19.2 Å². The highest BCUT2D eigenvalue weighted by atomic mass is 16.5. The van der Waals surface area contributed by atoms with E-state index in [2.05, 4.69) is 23.3 Å². The fourth-order valence-corrected chi connectivity index (χ4v) is 6.41. The molecular formula is C44H31N3O6. The summed E-state index contributed by atoms with van der Waals surface area (Å²) in [4.78, 5) is 58.1. The first-order valence-electron chi connectivity index (χ1n) is 16.6. The SMILES string of the molecule is [C-]#[N+]c1c2c3c(c(Nc4cc(C(=O)OCc5ccc(C=C)cc5)cc(C(=O)OCc5ccc(C=C)cc5)c4)ccc3n(C)c1=O)C(=O)c1ccccc1-2. The van der Waals surface area contributed by atoms with Crippen molar-refractivity contribution in [3.8, 4) is 11.1 Å². The lowest BCUT2D eigenvalue weighted by molar-refractivity contribution is 0.0470. The molecular weight excluding hydrogens is 666 g/mol. The van der Waals surface area contributed by atoms with Gasteiger partial charge in [-0.3, -0.25) is 9.59 Å². The minimum atomic E-state index is -0.681. The molecule has 7 rings (SSSR count). The Morgan fingerprint density at radius 1 is 0.755 bits per heavy atom. The van der Waals surface area contributed by atoms with Gasteiger partial charge in [-0.15, -0.1) is 0 Å². The van der Waals surface area contributed by atoms with E-state index >= 15 is 0 Å². The largest absolute Gasteiger partial charge is 0.457 e. The van der Waals surface area contributed by atoms with Crippen LogP contribution in [-0.2, 0) is 29.7 Å². The molecule has 1 heterocycles. The first-order chi connectivity index (χ1) is 25.7. The van der Waals surface area contributed by atoms with Gasteiger partial charge in [0.05, 0.1) is 28.9 Å². The Hall–Kier alpha value is -7.31. The van der Waals surface area contributed by atoms with E-state index in [0.717, 1.165) is 22.3 Å². The van der Waals surface area contributed by atoms with Crippen molar-refractivity contribution >= 4 is 57.8 Å². The number of hydrogen-bond acceptors (Lipinski definition) is 7. The van der Waals surface area contributed by atoms with Crippen LogP contribution in [0.1, 0.15) is 58.9 Å². The first kappa shape index (κ1) is 34.2. The van der Waals surface area contributed by atoms with E-state index in [0.29, 0.717) is 39.0 Å². The number of hydrogen-bond donors (Lipinski definition) is 1. The van der Waals surface area contributed by atoms with Crippen molar-refractivity contribution < 1.29 is 23.9 Å². The number of benzene rings is 5. The van der Waals surface area contributed by atoms with E-state index < -0.39 is 17.5 Å². The van der Waals surface area contributed by atoms with Crippen molar-refractivity contribution in [2.45, 2.75) is 13.2 Å². The van der Waals surface area contributed by atoms with Gasteiger partial charge in [-0.1, -0.05) is 98.1 Å². The van der Waals surface area contributed by atoms with Gasteiger partial charge in [0, 0.05) is 34.8 Å². The first-order valence-corrected chi connectivity index (χ1v) is 16.6. The Labute approximate surface area is 304 Å². The maximum Gasteiger partial charge on any atom is 0.338 e. The molecule has 0 fully saturated rings. The lowest BCUT2D eigenvalue weighted by Crippen LogP contribution is -2.21. The summed E-state index contributed by atoms with van der Waals surface area (Å²) in [7, 11) is 1.56. The highest BCUT2D eigenvalue weighted by Crippen LogP contribution is 2.45. The number of aryl methyl sites for hydroxylation is 1. The molecule has 0 atom stereocenters. The van der Waals surface area contributed by atoms with E-state index in [-0.39, 0.29) is 41.4 Å². The van der Waals surface area contributed by atoms with E-state index in [1.807, 2.05) is 48.5 Å². The maximum absolute atomic E-state index is 14.2. The standard InChI is InChI=1S/C44H31N3O6/c1-5-26-11-15-28(16-12-26)24-52-43(50)30-21-31(44(51)53-25-29-17-13-27(6-2)14-18-29)23-32(22-30)46-35-19-20-36-39-37(40(45-3)42(49)47(36)4)33-9-7-8-10-34(33)41(48)38(35)39/h5-23,46H,1-2,24-25H2,4H3. The summed E-state index contributed by atoms with van der Waals surface area (Å²) < 4.78 is 12.7. The Balaban J connectivity index is 1.29. The maximum atomic E-state index is 14.2. The molecule has 0 aliphatic heterocycles. The monoisotopic (exact) mass is 697 g/mol. The number of nitrogens with one attached hydrogen (secondary N) is 1. The van der Waals surface area contributed by atoms with Gasteiger partial charge in [-0.25, -0.2) is 14.4 Å². The molecule has 9 nitrogen and oxygen atoms in total. The van der Waals surface area contributed by atoms with Gasteiger partial charge in [-0.2, -0.15) is 0 Å². The fraction of sp³-hybridized carbons (Fsp3) is 0.0682. The van der Waals surface area contributed by atoms with Crippen molar-refractivity contribution in [1.29, 1.82) is 0 Å². The number of fused-ring (bicyclic) bond motifs is 2. The summed E-state index contributed by atoms with van der Waals surface area (Å²) in [6.07, 6.45) is 3.43. The number of carbonyl (C=O) groups is 3. The summed E-state index contributed by atoms with van der Waals surface area (Å²) in [6, 6.07) is 29.4. The number of rotatable bonds is 10. The van der Waals surface area contributed by atoms with Crippen molar-refractivity contribution in [3.63, 3.8) is 0 Å². The predicted molar refractivity (Wildman–Crippen MR) is 205 cm³/mol. The second-order valence-electron chi connectivity index (χ2n) is 12.4. The Kier molecular flexibility index (Phi) is 9.11. The predicted octanol–water partition coefficient (Wildman–Crippen LogP) is 9.04. The molecule has 5 aromatic carbocycles. The van der Waals surface area contributed by atoms with E-state index in [1.54, 1.807) is 55.6 Å². The normalized spacial score (nSPS) is 11.3. The molecule has 53 heavy (non-hydrogen) atoms. The second-order valence-corrected chi connectivity index (χ2v) is 12.4. The zero-order valence-electron chi connectivity index (χ0n) is 28.6. The smallest absolute Gasteiger partial charge is 0.338 e. The number of nitrogens with zero attached hydrogens (tertiary/aromatic N) is 2. The van der Waals surface area contributed by atoms with Gasteiger partial charge in [0.2, 0.25) is 0 Å². The lowest BCUT2D eigenvalue weighted by Gasteiger charge is -2.25. The third-order valence-electron chi connectivity index (χ3n) is 9.17. The average Bonchev–Trinajstić information content (AvgIpc) is 3.19. The minimum absolute atomic E-state index is 0.0119. The molecule has 0 radical (unpaired) electrons. The van der Waals surface area contributed by atoms with Gasteiger partial charge in [0.15, 0.2) is 5.78 Å². The molecule has 6 aromatic rings. The molecule has 0 bridgehead atoms. The van der Waals surface area contributed by atoms with Gasteiger partial charge >= 0.3 is 11.9 Å². The summed E-state index contributed by atoms with van der Waals surface area (Å²) in [6.45, 7) is 15.4. The van der Waals surface area contributed by atoms with Crippen molar-refractivity contribution in [2.75, 3.05) is 5.32 Å². The number of esters is 2. The van der Waals surface area contributed by atoms with Crippen LogP contribution in [-0.4, -0.2) is 22.3 Å². The van der Waals surface area contributed by atoms with Crippen LogP contribution in [0, 0.1) is 6.57 Å². The molecule has 0 spiro atoms. The molecule has 0 amide bonds. The molecule has 1 aliphatic carbocycles. The van der Waals surface area contributed by atoms with Crippen LogP contribution in [0.3, 0.4) is 0 Å². The van der Waals surface area contributed by atoms with Crippen molar-refractivity contribution in [1.82, 2.24) is 4.57 Å². The molecule has 1 N–H and O–H groups in total. The van der Waals surface area contributed by atoms with Crippen molar-refractivity contribution in [2.24, 2.45) is 7.05 Å². The molecule has 258 valence electrons. The molecule has 0 unspecified atom stereocenters. The zero-order valence-corrected chi connectivity index (χ0v) is 28.6. The second kappa shape index (κ2) is 14.1. The van der Waals surface area contributed by atoms with Crippen LogP contribution in [0.15, 0.2) is 121 Å². The number of anilines is 2. The molecule has 0 saturated carbocycles. The molecule has 0 saturated heterocycles. The summed E-state index contributed by atoms with van der Waals surface area (Å²) in [5.41, 5.74) is 5.57. The number of ketones is 1. The number of pyridine rings is 1. The average molecular weight is 698 g/mol. The lowest BCUT2D eigenvalue weighted by atomic mass is 9.82. The number of ether oxygens (including phenoxy) is 2. The van der Waals surface area contributed by atoms with Crippen LogP contribution >= 0.6 is 0 Å². The summed E-state index contributed by atoms with van der Waals surface area (Å²) >= 11 is 0. The van der Waals surface area contributed by atoms with Crippen LogP contribution < -0.4 is 10.9 Å². The van der Waals surface area contributed by atoms with Crippen LogP contribution in [0.5, 0.6) is 0 Å². The third-order valence-corrected chi connectivity index (χ3v) is 9.17. The Morgan fingerprint density at radius 3 is 1.83 bits per heavy atom. The van der Waals surface area contributed by atoms with Gasteiger partial charge in [-0.05, 0) is 58.1 Å². The van der Waals surface area contributed by atoms with Gasteiger partial charge < -0.3 is 19.4 Å². The summed E-state index contributed by atoms with van der Waals surface area (Å²) in [5, 5.41) is 3.70. The van der Waals surface area contributed by atoms with Crippen LogP contribution in [0.25, 0.3) is 39.0 Å². The van der Waals surface area contributed by atoms with Gasteiger partial charge in [0.1, 0.15) is 13.2 Å². The molecule has 1 aliphatic rings. The molecule has 1 aromatic heterocycles. The fourth-order valence-electron chi connectivity index (χ4n) is 6.41. The van der Waals surface area contributed by atoms with Crippen molar-refractivity contribution in [3.05, 3.63) is 183 Å². The third kappa shape index (κ3) is 6.41. The summed E-state index contributed by atoms with van der Waals surface area (Å²) in [5.74, 6) is -1.67. The number of aromatic nitrogens is 1.